The number of primary sulfonamides is 1. The lowest BCUT2D eigenvalue weighted by atomic mass is 10.3. The number of nitrogens with zero attached hydrogens (tertiary/aromatic N) is 4. The molecule has 0 bridgehead atoms. The number of sulfonamides is 1. The standard InChI is InChI=1S/C12H11N7O4S/c13-11-16-12(17-19(11)10(20)9-5-6-23-18-9)15-7-1-3-8(4-2-7)24(14,21)22/h1-6H,(H2,14,21,22)(H3,13,15,16,17). The van der Waals surface area contributed by atoms with E-state index in [1.165, 1.54) is 36.6 Å². The predicted molar refractivity (Wildman–Crippen MR) is 81.8 cm³/mol. The molecule has 2 heterocycles. The fourth-order valence-corrected chi connectivity index (χ4v) is 2.33. The van der Waals surface area contributed by atoms with Crippen LogP contribution in [0.15, 0.2) is 46.0 Å². The number of nitrogens with two attached hydrogens (primary N) is 2. The SMILES string of the molecule is Nc1nc(Nc2ccc(S(N)(=O)=O)cc2)nn1C(=O)c1ccon1. The van der Waals surface area contributed by atoms with E-state index >= 15 is 0 Å². The second-order valence-corrected chi connectivity index (χ2v) is 6.15. The number of nitrogen functional groups attached to an aromatic ring is 1. The Kier molecular flexibility index (Phi) is 3.75. The second-order valence-electron chi connectivity index (χ2n) is 4.59. The average Bonchev–Trinajstić information content (AvgIpc) is 3.16. The largest absolute Gasteiger partial charge is 0.368 e. The number of benzene rings is 1. The highest BCUT2D eigenvalue weighted by Gasteiger charge is 2.18. The van der Waals surface area contributed by atoms with Crippen molar-refractivity contribution in [3.63, 3.8) is 0 Å². The number of hydrogen-bond acceptors (Lipinski definition) is 9. The molecule has 0 aliphatic heterocycles. The van der Waals surface area contributed by atoms with Crippen molar-refractivity contribution in [3.05, 3.63) is 42.3 Å². The molecule has 3 rings (SSSR count). The van der Waals surface area contributed by atoms with Crippen molar-refractivity contribution >= 4 is 33.5 Å². The summed E-state index contributed by atoms with van der Waals surface area (Å²) >= 11 is 0. The Bertz CT molecular complexity index is 977. The van der Waals surface area contributed by atoms with Crippen LogP contribution in [0.2, 0.25) is 0 Å². The molecule has 0 fully saturated rings. The zero-order chi connectivity index (χ0) is 17.3. The number of rotatable bonds is 4. The lowest BCUT2D eigenvalue weighted by Crippen LogP contribution is -2.16. The van der Waals surface area contributed by atoms with Crippen LogP contribution in [0.25, 0.3) is 0 Å². The van der Waals surface area contributed by atoms with E-state index in [4.69, 9.17) is 10.9 Å². The Hall–Kier alpha value is -3.25. The first-order valence-electron chi connectivity index (χ1n) is 6.42. The minimum Gasteiger partial charge on any atom is -0.368 e. The topological polar surface area (TPSA) is 172 Å². The number of anilines is 3. The lowest BCUT2D eigenvalue weighted by Gasteiger charge is -2.02. The molecule has 0 saturated carbocycles. The molecule has 0 radical (unpaired) electrons. The maximum absolute atomic E-state index is 12.1. The van der Waals surface area contributed by atoms with Crippen LogP contribution in [0.1, 0.15) is 10.5 Å². The molecule has 11 nitrogen and oxygen atoms in total. The van der Waals surface area contributed by atoms with Crippen LogP contribution < -0.4 is 16.2 Å². The van der Waals surface area contributed by atoms with Gasteiger partial charge in [-0.15, -0.1) is 5.10 Å². The maximum Gasteiger partial charge on any atom is 0.303 e. The summed E-state index contributed by atoms with van der Waals surface area (Å²) in [5.41, 5.74) is 6.16. The summed E-state index contributed by atoms with van der Waals surface area (Å²) in [6.07, 6.45) is 1.24. The Morgan fingerprint density at radius 2 is 1.92 bits per heavy atom. The van der Waals surface area contributed by atoms with E-state index in [0.717, 1.165) is 4.68 Å². The fraction of sp³-hybridized carbons (Fsp3) is 0. The molecule has 2 aromatic heterocycles. The van der Waals surface area contributed by atoms with Gasteiger partial charge >= 0.3 is 5.91 Å². The monoisotopic (exact) mass is 349 g/mol. The first-order chi connectivity index (χ1) is 11.3. The van der Waals surface area contributed by atoms with Crippen LogP contribution in [0.4, 0.5) is 17.6 Å². The highest BCUT2D eigenvalue weighted by atomic mass is 32.2. The van der Waals surface area contributed by atoms with Gasteiger partial charge in [-0.3, -0.25) is 4.79 Å². The summed E-state index contributed by atoms with van der Waals surface area (Å²) in [5, 5.41) is 15.2. The molecular formula is C12H11N7O4S. The number of hydrogen-bond donors (Lipinski definition) is 3. The summed E-state index contributed by atoms with van der Waals surface area (Å²) in [4.78, 5) is 16.0. The van der Waals surface area contributed by atoms with Gasteiger partial charge in [-0.25, -0.2) is 13.6 Å². The molecule has 0 aliphatic carbocycles. The highest BCUT2D eigenvalue weighted by Crippen LogP contribution is 2.17. The molecular weight excluding hydrogens is 338 g/mol. The number of aromatic nitrogens is 4. The Morgan fingerprint density at radius 1 is 1.21 bits per heavy atom. The minimum atomic E-state index is -3.78. The van der Waals surface area contributed by atoms with E-state index in [1.807, 2.05) is 0 Å². The fourth-order valence-electron chi connectivity index (χ4n) is 1.81. The third-order valence-electron chi connectivity index (χ3n) is 2.92. The van der Waals surface area contributed by atoms with Gasteiger partial charge in [-0.1, -0.05) is 5.16 Å². The number of carbonyl (C=O) groups excluding carboxylic acids is 1. The van der Waals surface area contributed by atoms with Crippen molar-refractivity contribution in [2.45, 2.75) is 4.90 Å². The second kappa shape index (κ2) is 5.75. The maximum atomic E-state index is 12.1. The van der Waals surface area contributed by atoms with E-state index in [0.29, 0.717) is 5.69 Å². The zero-order valence-corrected chi connectivity index (χ0v) is 12.8. The van der Waals surface area contributed by atoms with E-state index < -0.39 is 15.9 Å². The summed E-state index contributed by atoms with van der Waals surface area (Å²) in [6, 6.07) is 6.94. The minimum absolute atomic E-state index is 0.0238. The summed E-state index contributed by atoms with van der Waals surface area (Å²) in [7, 11) is -3.78. The third kappa shape index (κ3) is 3.09. The lowest BCUT2D eigenvalue weighted by molar-refractivity contribution is 0.0939. The zero-order valence-electron chi connectivity index (χ0n) is 11.9. The molecule has 5 N–H and O–H groups in total. The van der Waals surface area contributed by atoms with Gasteiger partial charge in [-0.2, -0.15) is 9.67 Å². The van der Waals surface area contributed by atoms with Crippen LogP contribution in [-0.2, 0) is 10.0 Å². The Morgan fingerprint density at radius 3 is 2.50 bits per heavy atom. The third-order valence-corrected chi connectivity index (χ3v) is 3.85. The molecule has 124 valence electrons. The molecule has 0 atom stereocenters. The van der Waals surface area contributed by atoms with Crippen molar-refractivity contribution in [3.8, 4) is 0 Å². The van der Waals surface area contributed by atoms with Crippen LogP contribution in [0, 0.1) is 0 Å². The van der Waals surface area contributed by atoms with Gasteiger partial charge < -0.3 is 15.6 Å². The van der Waals surface area contributed by atoms with Crippen molar-refractivity contribution in [2.75, 3.05) is 11.1 Å². The average molecular weight is 349 g/mol. The Labute approximate surface area is 135 Å². The first kappa shape index (κ1) is 15.6. The van der Waals surface area contributed by atoms with Crippen LogP contribution >= 0.6 is 0 Å². The molecule has 1 aromatic carbocycles. The Balaban J connectivity index is 1.82. The normalized spacial score (nSPS) is 11.4. The molecule has 0 amide bonds. The smallest absolute Gasteiger partial charge is 0.303 e. The van der Waals surface area contributed by atoms with Gasteiger partial charge in [-0.05, 0) is 24.3 Å². The van der Waals surface area contributed by atoms with Crippen LogP contribution in [-0.4, -0.2) is 34.2 Å². The number of nitrogens with one attached hydrogen (secondary N) is 1. The first-order valence-corrected chi connectivity index (χ1v) is 7.97. The number of carbonyl (C=O) groups is 1. The van der Waals surface area contributed by atoms with Crippen LogP contribution in [0.3, 0.4) is 0 Å². The van der Waals surface area contributed by atoms with E-state index in [2.05, 4.69) is 25.1 Å². The van der Waals surface area contributed by atoms with Gasteiger partial charge in [0.1, 0.15) is 6.26 Å². The van der Waals surface area contributed by atoms with Gasteiger partial charge in [0, 0.05) is 11.8 Å². The molecule has 0 saturated heterocycles. The summed E-state index contributed by atoms with van der Waals surface area (Å²) < 4.78 is 27.8. The van der Waals surface area contributed by atoms with Crippen molar-refractivity contribution in [1.29, 1.82) is 0 Å². The molecule has 0 aliphatic rings. The predicted octanol–water partition coefficient (Wildman–Crippen LogP) is -0.0722. The van der Waals surface area contributed by atoms with E-state index in [9.17, 15) is 13.2 Å². The van der Waals surface area contributed by atoms with Gasteiger partial charge in [0.05, 0.1) is 4.90 Å². The highest BCUT2D eigenvalue weighted by molar-refractivity contribution is 7.89. The molecule has 0 spiro atoms. The summed E-state index contributed by atoms with van der Waals surface area (Å²) in [6.45, 7) is 0. The molecule has 24 heavy (non-hydrogen) atoms. The van der Waals surface area contributed by atoms with Crippen molar-refractivity contribution in [2.24, 2.45) is 5.14 Å². The van der Waals surface area contributed by atoms with E-state index in [-0.39, 0.29) is 22.5 Å². The van der Waals surface area contributed by atoms with Crippen LogP contribution in [0.5, 0.6) is 0 Å². The van der Waals surface area contributed by atoms with Gasteiger partial charge in [0.15, 0.2) is 5.69 Å². The van der Waals surface area contributed by atoms with Gasteiger partial charge in [0.2, 0.25) is 21.9 Å². The summed E-state index contributed by atoms with van der Waals surface area (Å²) in [5.74, 6) is -0.703. The van der Waals surface area contributed by atoms with E-state index in [1.54, 1.807) is 0 Å². The van der Waals surface area contributed by atoms with Gasteiger partial charge in [0.25, 0.3) is 0 Å². The van der Waals surface area contributed by atoms with Crippen molar-refractivity contribution < 1.29 is 17.7 Å². The van der Waals surface area contributed by atoms with Crippen molar-refractivity contribution in [1.82, 2.24) is 19.9 Å². The molecule has 0 unspecified atom stereocenters. The molecule has 3 aromatic rings. The molecule has 12 heteroatoms. The quantitative estimate of drug-likeness (QED) is 0.582.